The van der Waals surface area contributed by atoms with Crippen molar-refractivity contribution in [1.82, 2.24) is 24.6 Å². The van der Waals surface area contributed by atoms with E-state index >= 15 is 4.39 Å². The number of nitrogens with one attached hydrogen (secondary N) is 1. The summed E-state index contributed by atoms with van der Waals surface area (Å²) < 4.78 is 58.4. The molecule has 1 aliphatic carbocycles. The van der Waals surface area contributed by atoms with Crippen LogP contribution in [0, 0.1) is 0 Å². The van der Waals surface area contributed by atoms with Crippen LogP contribution < -0.4 is 15.7 Å². The van der Waals surface area contributed by atoms with Gasteiger partial charge in [0.05, 0.1) is 42.8 Å². The molecule has 5 aromatic rings. The zero-order valence-electron chi connectivity index (χ0n) is 29.7. The summed E-state index contributed by atoms with van der Waals surface area (Å²) in [6, 6.07) is 23.5. The summed E-state index contributed by atoms with van der Waals surface area (Å²) in [6.45, 7) is 8.54. The first-order chi connectivity index (χ1) is 25.4. The number of halogens is 5. The van der Waals surface area contributed by atoms with E-state index in [0.29, 0.717) is 53.4 Å². The van der Waals surface area contributed by atoms with Crippen molar-refractivity contribution in [2.75, 3.05) is 31.6 Å². The zero-order chi connectivity index (χ0) is 37.1. The van der Waals surface area contributed by atoms with Crippen LogP contribution in [-0.2, 0) is 9.16 Å². The van der Waals surface area contributed by atoms with E-state index in [9.17, 15) is 8.78 Å². The minimum absolute atomic E-state index is 0.0478. The lowest BCUT2D eigenvalue weighted by Gasteiger charge is -2.47. The van der Waals surface area contributed by atoms with Gasteiger partial charge in [0.25, 0.3) is 14.2 Å². The highest BCUT2D eigenvalue weighted by molar-refractivity contribution is 6.99. The van der Waals surface area contributed by atoms with Crippen LogP contribution in [0.25, 0.3) is 10.9 Å². The van der Waals surface area contributed by atoms with Gasteiger partial charge < -0.3 is 14.5 Å². The molecular weight excluding hydrogens is 740 g/mol. The first kappa shape index (κ1) is 36.5. The summed E-state index contributed by atoms with van der Waals surface area (Å²) in [5, 5.41) is 10.4. The lowest BCUT2D eigenvalue weighted by atomic mass is 9.86. The van der Waals surface area contributed by atoms with E-state index in [0.717, 1.165) is 4.68 Å². The highest BCUT2D eigenvalue weighted by Gasteiger charge is 2.60. The van der Waals surface area contributed by atoms with Gasteiger partial charge in [-0.3, -0.25) is 4.90 Å². The van der Waals surface area contributed by atoms with E-state index in [1.165, 1.54) is 16.6 Å². The number of benzene rings is 3. The lowest BCUT2D eigenvalue weighted by molar-refractivity contribution is 0.0406. The molecule has 14 heteroatoms. The summed E-state index contributed by atoms with van der Waals surface area (Å²) in [5.74, 6) is -3.06. The predicted molar refractivity (Wildman–Crippen MR) is 205 cm³/mol. The van der Waals surface area contributed by atoms with Gasteiger partial charge in [-0.25, -0.2) is 27.8 Å². The molecule has 4 heterocycles. The molecule has 3 aromatic carbocycles. The number of piperidine rings is 1. The second kappa shape index (κ2) is 14.0. The van der Waals surface area contributed by atoms with Crippen LogP contribution in [0.5, 0.6) is 0 Å². The van der Waals surface area contributed by atoms with Crippen molar-refractivity contribution in [3.05, 3.63) is 101 Å². The van der Waals surface area contributed by atoms with E-state index in [2.05, 4.69) is 94.6 Å². The van der Waals surface area contributed by atoms with E-state index in [1.54, 1.807) is 12.3 Å². The largest absolute Gasteiger partial charge is 0.400 e. The summed E-state index contributed by atoms with van der Waals surface area (Å²) >= 11 is 13.2. The number of aromatic nitrogens is 4. The fraction of sp³-hybridized carbons (Fsp3) is 0.410. The number of ether oxygens (including phenoxy) is 1. The van der Waals surface area contributed by atoms with Crippen molar-refractivity contribution in [3.8, 4) is 0 Å². The Morgan fingerprint density at radius 3 is 2.28 bits per heavy atom. The van der Waals surface area contributed by atoms with Crippen LogP contribution >= 0.6 is 23.2 Å². The molecule has 0 radical (unpaired) electrons. The summed E-state index contributed by atoms with van der Waals surface area (Å²) in [5.41, 5.74) is 1.56. The average Bonchev–Trinajstić information content (AvgIpc) is 3.40. The van der Waals surface area contributed by atoms with Crippen LogP contribution in [-0.4, -0.2) is 83.5 Å². The van der Waals surface area contributed by atoms with Gasteiger partial charge in [0.1, 0.15) is 12.2 Å². The van der Waals surface area contributed by atoms with Crippen LogP contribution in [0.2, 0.25) is 15.2 Å². The Kier molecular flexibility index (Phi) is 9.60. The first-order valence-electron chi connectivity index (χ1n) is 17.9. The number of alkyl halides is 3. The molecule has 278 valence electrons. The van der Waals surface area contributed by atoms with E-state index < -0.39 is 32.4 Å². The number of nitrogens with zero attached hydrogens (tertiary/aromatic N) is 5. The smallest absolute Gasteiger partial charge is 0.272 e. The van der Waals surface area contributed by atoms with Gasteiger partial charge in [0.15, 0.2) is 5.15 Å². The van der Waals surface area contributed by atoms with Crippen molar-refractivity contribution in [1.29, 1.82) is 0 Å². The normalized spacial score (nSPS) is 24.8. The molecule has 0 bridgehead atoms. The standard InChI is InChI=1S/C39H41Cl2F3N6O2Si/c1-38(2,3)53(25-10-6-4-7-11-25,26-12-8-5-9-13-26)52-34-23-51-22-33(34)49-15-14-27(30(42)21-49)28-17-31-24(16-29(28)40)19-45-37(47-31)48-32-20-46-50(36(32)41)35-18-39(35,43)44/h4-13,16-17,19-20,27,30,33-35H,14-15,18,21-23H2,1-3H3,(H,45,47,48)/t27-,30+,33+,34-,35+/m0/s1. The van der Waals surface area contributed by atoms with Gasteiger partial charge in [-0.05, 0) is 46.1 Å². The Balaban J connectivity index is 1.01. The molecule has 1 saturated carbocycles. The molecule has 0 spiro atoms. The number of likely N-dealkylation sites (tertiary alicyclic amines) is 1. The predicted octanol–water partition coefficient (Wildman–Crippen LogP) is 7.93. The van der Waals surface area contributed by atoms with E-state index in [1.807, 2.05) is 18.2 Å². The fourth-order valence-corrected chi connectivity index (χ4v) is 13.4. The van der Waals surface area contributed by atoms with Crippen molar-refractivity contribution < 1.29 is 22.3 Å². The molecule has 8 rings (SSSR count). The molecule has 2 aliphatic heterocycles. The number of hydrogen-bond acceptors (Lipinski definition) is 7. The Morgan fingerprint density at radius 1 is 0.981 bits per heavy atom. The van der Waals surface area contributed by atoms with Crippen LogP contribution in [0.1, 0.15) is 51.1 Å². The van der Waals surface area contributed by atoms with Crippen molar-refractivity contribution in [3.63, 3.8) is 0 Å². The number of rotatable bonds is 9. The molecule has 0 amide bonds. The minimum Gasteiger partial charge on any atom is -0.400 e. The maximum Gasteiger partial charge on any atom is 0.272 e. The van der Waals surface area contributed by atoms with Gasteiger partial charge in [0.2, 0.25) is 5.95 Å². The zero-order valence-corrected chi connectivity index (χ0v) is 32.2. The third-order valence-corrected chi connectivity index (χ3v) is 16.7. The molecule has 0 unspecified atom stereocenters. The summed E-state index contributed by atoms with van der Waals surface area (Å²) in [6.07, 6.45) is 1.79. The summed E-state index contributed by atoms with van der Waals surface area (Å²) in [7, 11) is -2.85. The maximum absolute atomic E-state index is 16.4. The summed E-state index contributed by atoms with van der Waals surface area (Å²) in [4.78, 5) is 11.2. The quantitative estimate of drug-likeness (QED) is 0.152. The van der Waals surface area contributed by atoms with Gasteiger partial charge in [-0.2, -0.15) is 5.10 Å². The molecule has 53 heavy (non-hydrogen) atoms. The Bertz CT molecular complexity index is 2060. The molecule has 2 aromatic heterocycles. The van der Waals surface area contributed by atoms with Crippen molar-refractivity contribution in [2.24, 2.45) is 0 Å². The molecule has 3 aliphatic rings. The Morgan fingerprint density at radius 2 is 1.66 bits per heavy atom. The van der Waals surface area contributed by atoms with Crippen LogP contribution in [0.15, 0.2) is 85.2 Å². The maximum atomic E-state index is 16.4. The van der Waals surface area contributed by atoms with Crippen molar-refractivity contribution in [2.45, 2.75) is 74.9 Å². The van der Waals surface area contributed by atoms with Crippen LogP contribution in [0.3, 0.4) is 0 Å². The molecule has 3 fully saturated rings. The topological polar surface area (TPSA) is 77.3 Å². The van der Waals surface area contributed by atoms with Crippen molar-refractivity contribution >= 4 is 64.4 Å². The molecule has 8 nitrogen and oxygen atoms in total. The second-order valence-corrected chi connectivity index (χ2v) is 20.4. The van der Waals surface area contributed by atoms with Gasteiger partial charge in [-0.1, -0.05) is 105 Å². The minimum atomic E-state index is -2.85. The Labute approximate surface area is 317 Å². The highest BCUT2D eigenvalue weighted by Crippen LogP contribution is 2.53. The van der Waals surface area contributed by atoms with Crippen LogP contribution in [0.4, 0.5) is 24.8 Å². The first-order valence-corrected chi connectivity index (χ1v) is 20.6. The lowest BCUT2D eigenvalue weighted by Crippen LogP contribution is -2.69. The number of anilines is 2. The van der Waals surface area contributed by atoms with Gasteiger partial charge >= 0.3 is 0 Å². The van der Waals surface area contributed by atoms with E-state index in [4.69, 9.17) is 32.4 Å². The molecular formula is C39H41Cl2F3N6O2Si. The third kappa shape index (κ3) is 6.76. The molecule has 5 atom stereocenters. The van der Waals surface area contributed by atoms with Gasteiger partial charge in [-0.15, -0.1) is 0 Å². The third-order valence-electron chi connectivity index (χ3n) is 11.0. The second-order valence-electron chi connectivity index (χ2n) is 15.4. The van der Waals surface area contributed by atoms with E-state index in [-0.39, 0.29) is 41.3 Å². The monoisotopic (exact) mass is 780 g/mol. The average molecular weight is 782 g/mol. The fourth-order valence-electron chi connectivity index (χ4n) is 8.12. The SMILES string of the molecule is CC(C)(C)[Si](O[C@H]1COC[C@H]1N1CC[C@@H](c2cc3nc(Nc4cnn([C@@H]5CC5(F)F)c4Cl)ncc3cc2Cl)[C@H](F)C1)(c1ccccc1)c1ccccc1. The number of fused-ring (bicyclic) bond motifs is 1. The molecule has 2 saturated heterocycles. The van der Waals surface area contributed by atoms with Gasteiger partial charge in [0, 0.05) is 35.5 Å². The highest BCUT2D eigenvalue weighted by atomic mass is 35.5. The molecule has 1 N–H and O–H groups in total. The Hall–Kier alpha value is -3.52. The number of hydrogen-bond donors (Lipinski definition) is 1.